The Bertz CT molecular complexity index is 225. The van der Waals surface area contributed by atoms with Gasteiger partial charge in [-0.15, -0.1) is 0 Å². The average Bonchev–Trinajstić information content (AvgIpc) is 2.38. The second-order valence-corrected chi connectivity index (χ2v) is 5.02. The predicted molar refractivity (Wildman–Crippen MR) is 68.6 cm³/mol. The van der Waals surface area contributed by atoms with Crippen molar-refractivity contribution in [2.45, 2.75) is 45.1 Å². The van der Waals surface area contributed by atoms with Gasteiger partial charge in [0.2, 0.25) is 5.91 Å². The van der Waals surface area contributed by atoms with Gasteiger partial charge in [-0.3, -0.25) is 4.79 Å². The fraction of sp³-hybridized carbons (Fsp3) is 0.923. The summed E-state index contributed by atoms with van der Waals surface area (Å²) in [6.07, 6.45) is 5.07. The van der Waals surface area contributed by atoms with Gasteiger partial charge in [0.05, 0.1) is 12.6 Å². The van der Waals surface area contributed by atoms with Crippen molar-refractivity contribution in [2.24, 2.45) is 17.6 Å². The lowest BCUT2D eigenvalue weighted by Crippen LogP contribution is -2.42. The summed E-state index contributed by atoms with van der Waals surface area (Å²) in [5, 5.41) is 3.07. The summed E-state index contributed by atoms with van der Waals surface area (Å²) in [5.74, 6) is 1.01. The molecule has 0 aromatic rings. The topological polar surface area (TPSA) is 64.3 Å². The third-order valence-electron chi connectivity index (χ3n) is 3.76. The van der Waals surface area contributed by atoms with Crippen molar-refractivity contribution >= 4 is 5.91 Å². The van der Waals surface area contributed by atoms with E-state index in [1.807, 2.05) is 0 Å². The monoisotopic (exact) mass is 242 g/mol. The van der Waals surface area contributed by atoms with E-state index in [2.05, 4.69) is 12.2 Å². The first-order valence-electron chi connectivity index (χ1n) is 6.70. The Kier molecular flexibility index (Phi) is 6.52. The molecule has 100 valence electrons. The van der Waals surface area contributed by atoms with Gasteiger partial charge in [-0.25, -0.2) is 0 Å². The molecule has 0 bridgehead atoms. The smallest absolute Gasteiger partial charge is 0.223 e. The zero-order valence-corrected chi connectivity index (χ0v) is 11.1. The van der Waals surface area contributed by atoms with Crippen molar-refractivity contribution in [1.29, 1.82) is 0 Å². The largest absolute Gasteiger partial charge is 0.383 e. The standard InChI is InChI=1S/C13H26N2O2/c1-3-12(9-17-2)15-13(16)11-6-4-10(8-14)5-7-11/h10-12H,3-9,14H2,1-2H3,(H,15,16). The Hall–Kier alpha value is -0.610. The van der Waals surface area contributed by atoms with E-state index >= 15 is 0 Å². The maximum atomic E-state index is 12.0. The van der Waals surface area contributed by atoms with Crippen LogP contribution in [0.2, 0.25) is 0 Å². The van der Waals surface area contributed by atoms with Crippen molar-refractivity contribution in [2.75, 3.05) is 20.3 Å². The second-order valence-electron chi connectivity index (χ2n) is 5.02. The number of rotatable bonds is 6. The maximum absolute atomic E-state index is 12.0. The minimum Gasteiger partial charge on any atom is -0.383 e. The molecule has 1 aliphatic carbocycles. The highest BCUT2D eigenvalue weighted by Gasteiger charge is 2.26. The Morgan fingerprint density at radius 1 is 1.41 bits per heavy atom. The minimum atomic E-state index is 0.153. The molecule has 0 aromatic carbocycles. The van der Waals surface area contributed by atoms with Crippen molar-refractivity contribution in [3.05, 3.63) is 0 Å². The third kappa shape index (κ3) is 4.64. The molecule has 1 unspecified atom stereocenters. The van der Waals surface area contributed by atoms with Crippen LogP contribution in [-0.2, 0) is 9.53 Å². The molecule has 0 heterocycles. The van der Waals surface area contributed by atoms with Crippen LogP contribution in [0.5, 0.6) is 0 Å². The van der Waals surface area contributed by atoms with Gasteiger partial charge in [-0.2, -0.15) is 0 Å². The molecule has 0 spiro atoms. The highest BCUT2D eigenvalue weighted by atomic mass is 16.5. The summed E-state index contributed by atoms with van der Waals surface area (Å²) in [6.45, 7) is 3.42. The summed E-state index contributed by atoms with van der Waals surface area (Å²) >= 11 is 0. The number of hydrogen-bond acceptors (Lipinski definition) is 3. The normalized spacial score (nSPS) is 26.5. The molecule has 4 nitrogen and oxygen atoms in total. The quantitative estimate of drug-likeness (QED) is 0.737. The zero-order valence-electron chi connectivity index (χ0n) is 11.1. The van der Waals surface area contributed by atoms with E-state index in [0.29, 0.717) is 12.5 Å². The SMILES string of the molecule is CCC(COC)NC(=O)C1CCC(CN)CC1. The number of ether oxygens (including phenoxy) is 1. The van der Waals surface area contributed by atoms with Crippen LogP contribution in [0.4, 0.5) is 0 Å². The van der Waals surface area contributed by atoms with Gasteiger partial charge < -0.3 is 15.8 Å². The van der Waals surface area contributed by atoms with Crippen LogP contribution in [0.3, 0.4) is 0 Å². The van der Waals surface area contributed by atoms with Gasteiger partial charge in [0, 0.05) is 13.0 Å². The van der Waals surface area contributed by atoms with Crippen molar-refractivity contribution in [3.8, 4) is 0 Å². The number of nitrogens with two attached hydrogens (primary N) is 1. The predicted octanol–water partition coefficient (Wildman–Crippen LogP) is 1.29. The van der Waals surface area contributed by atoms with E-state index in [9.17, 15) is 4.79 Å². The molecule has 1 aliphatic rings. The van der Waals surface area contributed by atoms with Gasteiger partial charge in [0.15, 0.2) is 0 Å². The van der Waals surface area contributed by atoms with Crippen molar-refractivity contribution in [1.82, 2.24) is 5.32 Å². The fourth-order valence-electron chi connectivity index (χ4n) is 2.44. The summed E-state index contributed by atoms with van der Waals surface area (Å²) in [6, 6.07) is 0.153. The molecule has 1 rings (SSSR count). The molecule has 4 heteroatoms. The second kappa shape index (κ2) is 7.67. The first-order valence-corrected chi connectivity index (χ1v) is 6.70. The highest BCUT2D eigenvalue weighted by Crippen LogP contribution is 2.28. The molecule has 0 aromatic heterocycles. The summed E-state index contributed by atoms with van der Waals surface area (Å²) in [4.78, 5) is 12.0. The van der Waals surface area contributed by atoms with Crippen LogP contribution in [0.25, 0.3) is 0 Å². The summed E-state index contributed by atoms with van der Waals surface area (Å²) < 4.78 is 5.09. The van der Waals surface area contributed by atoms with E-state index in [-0.39, 0.29) is 17.9 Å². The third-order valence-corrected chi connectivity index (χ3v) is 3.76. The molecular formula is C13H26N2O2. The van der Waals surface area contributed by atoms with Crippen LogP contribution in [0.1, 0.15) is 39.0 Å². The molecular weight excluding hydrogens is 216 g/mol. The number of nitrogens with one attached hydrogen (secondary N) is 1. The Morgan fingerprint density at radius 3 is 2.53 bits per heavy atom. The number of carbonyl (C=O) groups is 1. The van der Waals surface area contributed by atoms with Gasteiger partial charge >= 0.3 is 0 Å². The van der Waals surface area contributed by atoms with E-state index in [4.69, 9.17) is 10.5 Å². The number of carbonyl (C=O) groups excluding carboxylic acids is 1. The van der Waals surface area contributed by atoms with Crippen molar-refractivity contribution in [3.63, 3.8) is 0 Å². The number of hydrogen-bond donors (Lipinski definition) is 2. The molecule has 17 heavy (non-hydrogen) atoms. The first kappa shape index (κ1) is 14.5. The Balaban J connectivity index is 2.32. The lowest BCUT2D eigenvalue weighted by atomic mass is 9.81. The number of amides is 1. The van der Waals surface area contributed by atoms with E-state index in [0.717, 1.165) is 38.6 Å². The van der Waals surface area contributed by atoms with Gasteiger partial charge in [0.25, 0.3) is 0 Å². The van der Waals surface area contributed by atoms with Gasteiger partial charge in [-0.1, -0.05) is 6.92 Å². The Morgan fingerprint density at radius 2 is 2.06 bits per heavy atom. The number of methoxy groups -OCH3 is 1. The fourth-order valence-corrected chi connectivity index (χ4v) is 2.44. The van der Waals surface area contributed by atoms with Gasteiger partial charge in [-0.05, 0) is 44.6 Å². The molecule has 0 radical (unpaired) electrons. The van der Waals surface area contributed by atoms with Gasteiger partial charge in [0.1, 0.15) is 0 Å². The molecule has 3 N–H and O–H groups in total. The molecule has 1 atom stereocenters. The lowest BCUT2D eigenvalue weighted by Gasteiger charge is -2.28. The van der Waals surface area contributed by atoms with Crippen molar-refractivity contribution < 1.29 is 9.53 Å². The average molecular weight is 242 g/mol. The summed E-state index contributed by atoms with van der Waals surface area (Å²) in [5.41, 5.74) is 5.65. The molecule has 1 fully saturated rings. The first-order chi connectivity index (χ1) is 8.21. The molecule has 0 saturated heterocycles. The van der Waals surface area contributed by atoms with Crippen LogP contribution >= 0.6 is 0 Å². The molecule has 1 amide bonds. The molecule has 0 aliphatic heterocycles. The maximum Gasteiger partial charge on any atom is 0.223 e. The highest BCUT2D eigenvalue weighted by molar-refractivity contribution is 5.79. The lowest BCUT2D eigenvalue weighted by molar-refractivity contribution is -0.127. The zero-order chi connectivity index (χ0) is 12.7. The van der Waals surface area contributed by atoms with E-state index in [1.165, 1.54) is 0 Å². The van der Waals surface area contributed by atoms with E-state index in [1.54, 1.807) is 7.11 Å². The summed E-state index contributed by atoms with van der Waals surface area (Å²) in [7, 11) is 1.67. The van der Waals surface area contributed by atoms with Crippen LogP contribution in [0.15, 0.2) is 0 Å². The molecule has 1 saturated carbocycles. The van der Waals surface area contributed by atoms with Crippen LogP contribution in [-0.4, -0.2) is 32.2 Å². The van der Waals surface area contributed by atoms with Crippen LogP contribution in [0, 0.1) is 11.8 Å². The Labute approximate surface area is 104 Å². The minimum absolute atomic E-state index is 0.153. The van der Waals surface area contributed by atoms with E-state index < -0.39 is 0 Å². The van der Waals surface area contributed by atoms with Crippen LogP contribution < -0.4 is 11.1 Å².